The van der Waals surface area contributed by atoms with E-state index in [1.807, 2.05) is 6.07 Å². The van der Waals surface area contributed by atoms with Crippen molar-refractivity contribution in [1.82, 2.24) is 9.88 Å². The molecule has 5 nitrogen and oxygen atoms in total. The quantitative estimate of drug-likeness (QED) is 0.785. The lowest BCUT2D eigenvalue weighted by Crippen LogP contribution is -2.31. The summed E-state index contributed by atoms with van der Waals surface area (Å²) in [6, 6.07) is 5.10. The molecule has 2 rings (SSSR count). The standard InChI is InChI=1S/C11H12N4O/c1-15-5-3-9(11(15)16)14-10-6-8(7-12)2-4-13-10/h2,4,6,9H,3,5H2,1H3,(H,13,14). The molecule has 1 saturated heterocycles. The molecule has 1 amide bonds. The third-order valence-electron chi connectivity index (χ3n) is 2.64. The fraction of sp³-hybridized carbons (Fsp3) is 0.364. The minimum Gasteiger partial charge on any atom is -0.358 e. The number of likely N-dealkylation sites (N-methyl/N-ethyl adjacent to an activating group) is 1. The number of nitrogens with one attached hydrogen (secondary N) is 1. The number of aromatic nitrogens is 1. The Morgan fingerprint density at radius 2 is 2.50 bits per heavy atom. The van der Waals surface area contributed by atoms with E-state index in [0.29, 0.717) is 11.4 Å². The number of hydrogen-bond acceptors (Lipinski definition) is 4. The van der Waals surface area contributed by atoms with Crippen LogP contribution in [0, 0.1) is 11.3 Å². The van der Waals surface area contributed by atoms with Crippen LogP contribution in [-0.4, -0.2) is 35.4 Å². The number of anilines is 1. The second-order valence-corrected chi connectivity index (χ2v) is 3.79. The van der Waals surface area contributed by atoms with E-state index in [2.05, 4.69) is 10.3 Å². The summed E-state index contributed by atoms with van der Waals surface area (Å²) < 4.78 is 0. The van der Waals surface area contributed by atoms with Crippen LogP contribution in [0.5, 0.6) is 0 Å². The summed E-state index contributed by atoms with van der Waals surface area (Å²) >= 11 is 0. The van der Waals surface area contributed by atoms with Crippen LogP contribution in [0.1, 0.15) is 12.0 Å². The first-order chi connectivity index (χ1) is 7.70. The van der Waals surface area contributed by atoms with Crippen molar-refractivity contribution in [3.8, 4) is 6.07 Å². The second-order valence-electron chi connectivity index (χ2n) is 3.79. The fourth-order valence-corrected chi connectivity index (χ4v) is 1.71. The molecule has 0 spiro atoms. The fourth-order valence-electron chi connectivity index (χ4n) is 1.71. The first-order valence-corrected chi connectivity index (χ1v) is 5.08. The third-order valence-corrected chi connectivity index (χ3v) is 2.64. The van der Waals surface area contributed by atoms with Crippen LogP contribution in [0.15, 0.2) is 18.3 Å². The van der Waals surface area contributed by atoms with Crippen LogP contribution in [0.3, 0.4) is 0 Å². The van der Waals surface area contributed by atoms with Gasteiger partial charge in [0.15, 0.2) is 0 Å². The van der Waals surface area contributed by atoms with E-state index in [4.69, 9.17) is 5.26 Å². The summed E-state index contributed by atoms with van der Waals surface area (Å²) in [7, 11) is 1.78. The van der Waals surface area contributed by atoms with E-state index in [0.717, 1.165) is 13.0 Å². The van der Waals surface area contributed by atoms with Crippen LogP contribution < -0.4 is 5.32 Å². The van der Waals surface area contributed by atoms with Crippen molar-refractivity contribution in [1.29, 1.82) is 5.26 Å². The monoisotopic (exact) mass is 216 g/mol. The van der Waals surface area contributed by atoms with Crippen molar-refractivity contribution >= 4 is 11.7 Å². The van der Waals surface area contributed by atoms with Gasteiger partial charge in [-0.15, -0.1) is 0 Å². The SMILES string of the molecule is CN1CCC(Nc2cc(C#N)ccn2)C1=O. The molecule has 5 heteroatoms. The van der Waals surface area contributed by atoms with Crippen molar-refractivity contribution in [3.63, 3.8) is 0 Å². The highest BCUT2D eigenvalue weighted by Crippen LogP contribution is 2.14. The van der Waals surface area contributed by atoms with Crippen molar-refractivity contribution in [3.05, 3.63) is 23.9 Å². The average molecular weight is 216 g/mol. The molecule has 16 heavy (non-hydrogen) atoms. The number of rotatable bonds is 2. The molecule has 1 unspecified atom stereocenters. The molecule has 1 aromatic rings. The van der Waals surface area contributed by atoms with Gasteiger partial charge >= 0.3 is 0 Å². The topological polar surface area (TPSA) is 69.0 Å². The number of likely N-dealkylation sites (tertiary alicyclic amines) is 1. The zero-order chi connectivity index (χ0) is 11.5. The summed E-state index contributed by atoms with van der Waals surface area (Å²) in [6.45, 7) is 0.758. The summed E-state index contributed by atoms with van der Waals surface area (Å²) in [6.07, 6.45) is 2.33. The highest BCUT2D eigenvalue weighted by molar-refractivity contribution is 5.86. The summed E-state index contributed by atoms with van der Waals surface area (Å²) in [5.74, 6) is 0.650. The molecule has 0 aliphatic carbocycles. The van der Waals surface area contributed by atoms with E-state index in [-0.39, 0.29) is 11.9 Å². The van der Waals surface area contributed by atoms with Crippen molar-refractivity contribution in [2.24, 2.45) is 0 Å². The van der Waals surface area contributed by atoms with Crippen molar-refractivity contribution in [2.75, 3.05) is 18.9 Å². The predicted molar refractivity (Wildman–Crippen MR) is 58.6 cm³/mol. The van der Waals surface area contributed by atoms with Gasteiger partial charge in [0.25, 0.3) is 0 Å². The molecule has 0 aromatic carbocycles. The van der Waals surface area contributed by atoms with Crippen LogP contribution in [0.2, 0.25) is 0 Å². The number of hydrogen-bond donors (Lipinski definition) is 1. The van der Waals surface area contributed by atoms with Gasteiger partial charge in [-0.25, -0.2) is 4.98 Å². The lowest BCUT2D eigenvalue weighted by Gasteiger charge is -2.12. The largest absolute Gasteiger partial charge is 0.358 e. The Bertz CT molecular complexity index is 452. The first kappa shape index (κ1) is 10.4. The third kappa shape index (κ3) is 1.96. The molecule has 1 aliphatic heterocycles. The molecule has 0 radical (unpaired) electrons. The lowest BCUT2D eigenvalue weighted by atomic mass is 10.2. The van der Waals surface area contributed by atoms with E-state index in [1.54, 1.807) is 30.3 Å². The first-order valence-electron chi connectivity index (χ1n) is 5.08. The average Bonchev–Trinajstić information content (AvgIpc) is 2.61. The molecule has 0 saturated carbocycles. The van der Waals surface area contributed by atoms with Crippen LogP contribution in [0.25, 0.3) is 0 Å². The van der Waals surface area contributed by atoms with Crippen LogP contribution in [0.4, 0.5) is 5.82 Å². The highest BCUT2D eigenvalue weighted by Gasteiger charge is 2.28. The lowest BCUT2D eigenvalue weighted by molar-refractivity contribution is -0.127. The number of carbonyl (C=O) groups is 1. The number of nitrogens with zero attached hydrogens (tertiary/aromatic N) is 3. The zero-order valence-electron chi connectivity index (χ0n) is 8.97. The summed E-state index contributed by atoms with van der Waals surface area (Å²) in [5.41, 5.74) is 0.538. The summed E-state index contributed by atoms with van der Waals surface area (Å²) in [5, 5.41) is 11.8. The van der Waals surface area contributed by atoms with Gasteiger partial charge in [0.2, 0.25) is 5.91 Å². The van der Waals surface area contributed by atoms with Gasteiger partial charge in [0, 0.05) is 19.8 Å². The Labute approximate surface area is 93.7 Å². The minimum absolute atomic E-state index is 0.0733. The van der Waals surface area contributed by atoms with Gasteiger partial charge in [0.05, 0.1) is 11.6 Å². The Morgan fingerprint density at radius 1 is 1.69 bits per heavy atom. The Morgan fingerprint density at radius 3 is 3.12 bits per heavy atom. The Kier molecular flexibility index (Phi) is 2.73. The number of pyridine rings is 1. The number of amides is 1. The van der Waals surface area contributed by atoms with Crippen LogP contribution >= 0.6 is 0 Å². The maximum atomic E-state index is 11.6. The molecule has 1 atom stereocenters. The maximum Gasteiger partial charge on any atom is 0.244 e. The van der Waals surface area contributed by atoms with Gasteiger partial charge in [-0.2, -0.15) is 5.26 Å². The van der Waals surface area contributed by atoms with Gasteiger partial charge in [0.1, 0.15) is 11.9 Å². The Balaban J connectivity index is 2.10. The van der Waals surface area contributed by atoms with E-state index < -0.39 is 0 Å². The highest BCUT2D eigenvalue weighted by atomic mass is 16.2. The molecule has 1 N–H and O–H groups in total. The van der Waals surface area contributed by atoms with Gasteiger partial charge in [-0.05, 0) is 18.6 Å². The molecular weight excluding hydrogens is 204 g/mol. The minimum atomic E-state index is -0.216. The number of nitriles is 1. The van der Waals surface area contributed by atoms with E-state index in [1.165, 1.54) is 0 Å². The van der Waals surface area contributed by atoms with Gasteiger partial charge < -0.3 is 10.2 Å². The van der Waals surface area contributed by atoms with E-state index in [9.17, 15) is 4.79 Å². The Hall–Kier alpha value is -2.09. The molecule has 1 aromatic heterocycles. The van der Waals surface area contributed by atoms with Gasteiger partial charge in [-0.1, -0.05) is 0 Å². The smallest absolute Gasteiger partial charge is 0.244 e. The van der Waals surface area contributed by atoms with Gasteiger partial charge in [-0.3, -0.25) is 4.79 Å². The molecule has 2 heterocycles. The predicted octanol–water partition coefficient (Wildman–Crippen LogP) is 0.596. The molecule has 1 aliphatic rings. The van der Waals surface area contributed by atoms with Crippen LogP contribution in [-0.2, 0) is 4.79 Å². The molecule has 82 valence electrons. The normalized spacial score (nSPS) is 19.6. The maximum absolute atomic E-state index is 11.6. The molecule has 0 bridgehead atoms. The van der Waals surface area contributed by atoms with E-state index >= 15 is 0 Å². The van der Waals surface area contributed by atoms with Crippen molar-refractivity contribution in [2.45, 2.75) is 12.5 Å². The summed E-state index contributed by atoms with van der Waals surface area (Å²) in [4.78, 5) is 17.4. The second kappa shape index (κ2) is 4.19. The number of carbonyl (C=O) groups excluding carboxylic acids is 1. The zero-order valence-corrected chi connectivity index (χ0v) is 8.97. The van der Waals surface area contributed by atoms with Crippen molar-refractivity contribution < 1.29 is 4.79 Å². The molecule has 1 fully saturated rings. The molecular formula is C11H12N4O.